The van der Waals surface area contributed by atoms with Gasteiger partial charge in [-0.1, -0.05) is 18.5 Å². The maximum Gasteiger partial charge on any atom is 0.128 e. The smallest absolute Gasteiger partial charge is 0.128 e. The van der Waals surface area contributed by atoms with E-state index in [1.165, 1.54) is 0 Å². The lowest BCUT2D eigenvalue weighted by atomic mass is 10.2. The fraction of sp³-hybridized carbons (Fsp3) is 0.667. The Morgan fingerprint density at radius 1 is 1.69 bits per heavy atom. The third-order valence-electron chi connectivity index (χ3n) is 2.25. The third-order valence-corrected chi connectivity index (χ3v) is 2.60. The van der Waals surface area contributed by atoms with Crippen molar-refractivity contribution in [2.75, 3.05) is 0 Å². The highest BCUT2D eigenvalue weighted by atomic mass is 35.5. The van der Waals surface area contributed by atoms with Crippen LogP contribution in [0.3, 0.4) is 0 Å². The van der Waals surface area contributed by atoms with Gasteiger partial charge in [-0.15, -0.1) is 0 Å². The quantitative estimate of drug-likeness (QED) is 0.807. The van der Waals surface area contributed by atoms with Crippen molar-refractivity contribution in [1.82, 2.24) is 14.9 Å². The summed E-state index contributed by atoms with van der Waals surface area (Å²) in [5.41, 5.74) is 0. The van der Waals surface area contributed by atoms with Crippen molar-refractivity contribution in [1.29, 1.82) is 0 Å². The molecule has 0 spiro atoms. The lowest BCUT2D eigenvalue weighted by molar-refractivity contribution is 0.516. The van der Waals surface area contributed by atoms with Crippen LogP contribution in [-0.4, -0.2) is 15.6 Å². The monoisotopic (exact) mass is 201 g/mol. The molecular formula is C9H16ClN3. The molecule has 3 nitrogen and oxygen atoms in total. The molecule has 0 aromatic carbocycles. The summed E-state index contributed by atoms with van der Waals surface area (Å²) in [4.78, 5) is 4.19. The van der Waals surface area contributed by atoms with E-state index in [2.05, 4.69) is 24.1 Å². The Bertz CT molecular complexity index is 270. The zero-order valence-electron chi connectivity index (χ0n) is 8.34. The van der Waals surface area contributed by atoms with Crippen LogP contribution < -0.4 is 5.32 Å². The number of rotatable bonds is 4. The molecule has 1 aromatic heterocycles. The van der Waals surface area contributed by atoms with Crippen LogP contribution in [0.4, 0.5) is 0 Å². The number of nitrogens with zero attached hydrogens (tertiary/aromatic N) is 2. The predicted octanol–water partition coefficient (Wildman–Crippen LogP) is 1.96. The average molecular weight is 202 g/mol. The Balaban J connectivity index is 2.50. The molecule has 0 aliphatic rings. The van der Waals surface area contributed by atoms with E-state index in [-0.39, 0.29) is 0 Å². The summed E-state index contributed by atoms with van der Waals surface area (Å²) < 4.78 is 1.89. The molecular weight excluding hydrogens is 186 g/mol. The summed E-state index contributed by atoms with van der Waals surface area (Å²) in [6.07, 6.45) is 2.80. The van der Waals surface area contributed by atoms with Crippen molar-refractivity contribution in [3.63, 3.8) is 0 Å². The summed E-state index contributed by atoms with van der Waals surface area (Å²) in [5.74, 6) is 0.977. The third kappa shape index (κ3) is 2.71. The van der Waals surface area contributed by atoms with Gasteiger partial charge < -0.3 is 9.88 Å². The maximum atomic E-state index is 5.85. The van der Waals surface area contributed by atoms with Crippen LogP contribution in [0, 0.1) is 0 Å². The number of halogens is 1. The van der Waals surface area contributed by atoms with Crippen LogP contribution in [0.25, 0.3) is 0 Å². The molecule has 0 saturated heterocycles. The van der Waals surface area contributed by atoms with E-state index in [1.54, 1.807) is 6.20 Å². The van der Waals surface area contributed by atoms with Crippen molar-refractivity contribution >= 4 is 11.6 Å². The van der Waals surface area contributed by atoms with Crippen LogP contribution in [0.1, 0.15) is 26.1 Å². The van der Waals surface area contributed by atoms with Crippen molar-refractivity contribution in [3.8, 4) is 0 Å². The summed E-state index contributed by atoms with van der Waals surface area (Å²) in [5, 5.41) is 4.04. The highest BCUT2D eigenvalue weighted by Crippen LogP contribution is 2.08. The first-order valence-corrected chi connectivity index (χ1v) is 4.92. The van der Waals surface area contributed by atoms with E-state index in [9.17, 15) is 0 Å². The minimum Gasteiger partial charge on any atom is -0.321 e. The topological polar surface area (TPSA) is 29.9 Å². The van der Waals surface area contributed by atoms with E-state index in [0.717, 1.165) is 18.8 Å². The largest absolute Gasteiger partial charge is 0.321 e. The van der Waals surface area contributed by atoms with Gasteiger partial charge >= 0.3 is 0 Å². The molecule has 0 amide bonds. The van der Waals surface area contributed by atoms with Gasteiger partial charge in [-0.25, -0.2) is 4.98 Å². The Labute approximate surface area is 84.1 Å². The Morgan fingerprint density at radius 2 is 2.38 bits per heavy atom. The second-order valence-corrected chi connectivity index (χ2v) is 3.63. The van der Waals surface area contributed by atoms with Crippen LogP contribution in [-0.2, 0) is 13.6 Å². The molecule has 0 bridgehead atoms. The predicted molar refractivity (Wildman–Crippen MR) is 54.8 cm³/mol. The number of hydrogen-bond acceptors (Lipinski definition) is 2. The van der Waals surface area contributed by atoms with Crippen molar-refractivity contribution < 1.29 is 0 Å². The van der Waals surface area contributed by atoms with Gasteiger partial charge in [-0.2, -0.15) is 0 Å². The molecule has 1 rings (SSSR count). The second-order valence-electron chi connectivity index (χ2n) is 3.25. The molecule has 0 aliphatic carbocycles. The Morgan fingerprint density at radius 3 is 2.85 bits per heavy atom. The van der Waals surface area contributed by atoms with E-state index >= 15 is 0 Å². The molecule has 1 N–H and O–H groups in total. The molecule has 0 aliphatic heterocycles. The molecule has 1 atom stereocenters. The molecule has 13 heavy (non-hydrogen) atoms. The Kier molecular flexibility index (Phi) is 3.75. The highest BCUT2D eigenvalue weighted by Gasteiger charge is 2.04. The minimum atomic E-state index is 0.524. The SMILES string of the molecule is CCC(C)NCc1ncc(Cl)n1C. The molecule has 1 unspecified atom stereocenters. The van der Waals surface area contributed by atoms with Gasteiger partial charge in [0.15, 0.2) is 0 Å². The van der Waals surface area contributed by atoms with Gasteiger partial charge in [0.05, 0.1) is 12.7 Å². The average Bonchev–Trinajstić information content (AvgIpc) is 2.44. The number of aromatic nitrogens is 2. The fourth-order valence-electron chi connectivity index (χ4n) is 0.998. The van der Waals surface area contributed by atoms with Crippen LogP contribution in [0.5, 0.6) is 0 Å². The number of hydrogen-bond donors (Lipinski definition) is 1. The Hall–Kier alpha value is -0.540. The van der Waals surface area contributed by atoms with Gasteiger partial charge in [0, 0.05) is 13.1 Å². The highest BCUT2D eigenvalue weighted by molar-refractivity contribution is 6.29. The summed E-state index contributed by atoms with van der Waals surface area (Å²) >= 11 is 5.85. The second kappa shape index (κ2) is 4.63. The van der Waals surface area contributed by atoms with Gasteiger partial charge in [0.25, 0.3) is 0 Å². The first kappa shape index (κ1) is 10.5. The number of nitrogens with one attached hydrogen (secondary N) is 1. The molecule has 74 valence electrons. The summed E-state index contributed by atoms with van der Waals surface area (Å²) in [7, 11) is 1.92. The zero-order chi connectivity index (χ0) is 9.84. The fourth-order valence-corrected chi connectivity index (χ4v) is 1.14. The van der Waals surface area contributed by atoms with Crippen molar-refractivity contribution in [2.45, 2.75) is 32.9 Å². The van der Waals surface area contributed by atoms with Crippen LogP contribution >= 0.6 is 11.6 Å². The van der Waals surface area contributed by atoms with Gasteiger partial charge in [0.1, 0.15) is 11.0 Å². The summed E-state index contributed by atoms with van der Waals surface area (Å²) in [6.45, 7) is 5.09. The molecule has 0 fully saturated rings. The van der Waals surface area contributed by atoms with Crippen LogP contribution in [0.2, 0.25) is 5.15 Å². The van der Waals surface area contributed by atoms with E-state index in [1.807, 2.05) is 11.6 Å². The minimum absolute atomic E-state index is 0.524. The lowest BCUT2D eigenvalue weighted by Crippen LogP contribution is -2.25. The number of imidazole rings is 1. The van der Waals surface area contributed by atoms with Gasteiger partial charge in [0.2, 0.25) is 0 Å². The summed E-state index contributed by atoms with van der Waals surface area (Å²) in [6, 6.07) is 0.524. The van der Waals surface area contributed by atoms with E-state index in [0.29, 0.717) is 11.2 Å². The first-order valence-electron chi connectivity index (χ1n) is 4.54. The molecule has 0 radical (unpaired) electrons. The molecule has 0 saturated carbocycles. The molecule has 1 aromatic rings. The van der Waals surface area contributed by atoms with Crippen molar-refractivity contribution in [3.05, 3.63) is 17.2 Å². The lowest BCUT2D eigenvalue weighted by Gasteiger charge is -2.10. The molecule has 4 heteroatoms. The van der Waals surface area contributed by atoms with Gasteiger partial charge in [-0.3, -0.25) is 0 Å². The normalized spacial score (nSPS) is 13.2. The van der Waals surface area contributed by atoms with E-state index < -0.39 is 0 Å². The molecule has 1 heterocycles. The van der Waals surface area contributed by atoms with E-state index in [4.69, 9.17) is 11.6 Å². The van der Waals surface area contributed by atoms with Crippen LogP contribution in [0.15, 0.2) is 6.20 Å². The van der Waals surface area contributed by atoms with Crippen molar-refractivity contribution in [2.24, 2.45) is 7.05 Å². The maximum absolute atomic E-state index is 5.85. The zero-order valence-corrected chi connectivity index (χ0v) is 9.10. The van der Waals surface area contributed by atoms with Gasteiger partial charge in [-0.05, 0) is 13.3 Å². The standard InChI is InChI=1S/C9H16ClN3/c1-4-7(2)11-6-9-12-5-8(10)13(9)3/h5,7,11H,4,6H2,1-3H3. The first-order chi connectivity index (χ1) is 6.15.